The number of hydrogen-bond donors (Lipinski definition) is 2. The zero-order chi connectivity index (χ0) is 20.4. The SMILES string of the molecule is Cc1sc2nc(CS[C@H](C)C(=O)N[C@H](C)c3ccc(F)cc3)[nH]c(=O)c2c1C. The number of aromatic nitrogens is 2. The van der Waals surface area contributed by atoms with E-state index >= 15 is 0 Å². The number of H-pyrrole nitrogens is 1. The van der Waals surface area contributed by atoms with Gasteiger partial charge in [0.2, 0.25) is 5.91 Å². The topological polar surface area (TPSA) is 74.8 Å². The van der Waals surface area contributed by atoms with Gasteiger partial charge in [0, 0.05) is 4.88 Å². The first-order valence-corrected chi connectivity index (χ1v) is 10.8. The molecule has 0 spiro atoms. The standard InChI is InChI=1S/C20H22FN3O2S2/c1-10-12(3)28-20-17(10)19(26)23-16(24-20)9-27-13(4)18(25)22-11(2)14-5-7-15(21)8-6-14/h5-8,11,13H,9H2,1-4H3,(H,22,25)(H,23,24,26)/t11-,13-/m1/s1. The number of rotatable bonds is 6. The maximum absolute atomic E-state index is 13.0. The van der Waals surface area contributed by atoms with E-state index in [2.05, 4.69) is 15.3 Å². The molecule has 1 amide bonds. The Balaban J connectivity index is 1.62. The van der Waals surface area contributed by atoms with Gasteiger partial charge in [-0.05, 0) is 51.0 Å². The Bertz CT molecular complexity index is 1060. The molecule has 0 fully saturated rings. The van der Waals surface area contributed by atoms with Crippen LogP contribution in [0.15, 0.2) is 29.1 Å². The molecule has 0 saturated carbocycles. The first kappa shape index (κ1) is 20.5. The van der Waals surface area contributed by atoms with Crippen LogP contribution in [0.4, 0.5) is 4.39 Å². The molecule has 28 heavy (non-hydrogen) atoms. The first-order valence-electron chi connectivity index (χ1n) is 8.92. The van der Waals surface area contributed by atoms with Crippen molar-refractivity contribution in [3.05, 3.63) is 62.3 Å². The van der Waals surface area contributed by atoms with Crippen LogP contribution < -0.4 is 10.9 Å². The number of nitrogens with zero attached hydrogens (tertiary/aromatic N) is 1. The predicted molar refractivity (Wildman–Crippen MR) is 113 cm³/mol. The molecular formula is C20H22FN3O2S2. The molecular weight excluding hydrogens is 397 g/mol. The number of halogens is 1. The zero-order valence-electron chi connectivity index (χ0n) is 16.1. The molecule has 3 rings (SSSR count). The van der Waals surface area contributed by atoms with Gasteiger partial charge in [-0.2, -0.15) is 0 Å². The number of thioether (sulfide) groups is 1. The van der Waals surface area contributed by atoms with E-state index in [1.54, 1.807) is 12.1 Å². The number of benzene rings is 1. The summed E-state index contributed by atoms with van der Waals surface area (Å²) < 4.78 is 13.0. The van der Waals surface area contributed by atoms with E-state index in [1.165, 1.54) is 35.2 Å². The molecule has 2 aromatic heterocycles. The number of hydrogen-bond acceptors (Lipinski definition) is 5. The molecule has 0 radical (unpaired) electrons. The van der Waals surface area contributed by atoms with Crippen molar-refractivity contribution in [2.45, 2.75) is 44.7 Å². The van der Waals surface area contributed by atoms with Crippen LogP contribution in [0.2, 0.25) is 0 Å². The monoisotopic (exact) mass is 419 g/mol. The lowest BCUT2D eigenvalue weighted by molar-refractivity contribution is -0.120. The van der Waals surface area contributed by atoms with E-state index in [1.807, 2.05) is 27.7 Å². The lowest BCUT2D eigenvalue weighted by atomic mass is 10.1. The maximum atomic E-state index is 13.0. The highest BCUT2D eigenvalue weighted by atomic mass is 32.2. The van der Waals surface area contributed by atoms with Gasteiger partial charge in [0.25, 0.3) is 5.56 Å². The van der Waals surface area contributed by atoms with Crippen LogP contribution in [0.3, 0.4) is 0 Å². The van der Waals surface area contributed by atoms with Gasteiger partial charge in [-0.3, -0.25) is 9.59 Å². The number of carbonyl (C=O) groups is 1. The largest absolute Gasteiger partial charge is 0.349 e. The Labute approximate surface area is 170 Å². The first-order chi connectivity index (χ1) is 13.3. The number of thiophene rings is 1. The van der Waals surface area contributed by atoms with E-state index in [9.17, 15) is 14.0 Å². The van der Waals surface area contributed by atoms with Crippen LogP contribution in [0, 0.1) is 19.7 Å². The summed E-state index contributed by atoms with van der Waals surface area (Å²) in [6.07, 6.45) is 0. The van der Waals surface area contributed by atoms with E-state index in [4.69, 9.17) is 0 Å². The average molecular weight is 420 g/mol. The molecule has 1 aromatic carbocycles. The van der Waals surface area contributed by atoms with Gasteiger partial charge in [0.15, 0.2) is 0 Å². The number of fused-ring (bicyclic) bond motifs is 1. The van der Waals surface area contributed by atoms with Crippen molar-refractivity contribution in [1.82, 2.24) is 15.3 Å². The number of amides is 1. The summed E-state index contributed by atoms with van der Waals surface area (Å²) in [6, 6.07) is 5.85. The van der Waals surface area contributed by atoms with Crippen molar-refractivity contribution in [1.29, 1.82) is 0 Å². The summed E-state index contributed by atoms with van der Waals surface area (Å²) in [4.78, 5) is 34.0. The highest BCUT2D eigenvalue weighted by molar-refractivity contribution is 7.99. The normalized spacial score (nSPS) is 13.5. The van der Waals surface area contributed by atoms with Crippen LogP contribution in [0.5, 0.6) is 0 Å². The predicted octanol–water partition coefficient (Wildman–Crippen LogP) is 4.24. The Morgan fingerprint density at radius 3 is 2.64 bits per heavy atom. The second-order valence-electron chi connectivity index (χ2n) is 6.71. The van der Waals surface area contributed by atoms with E-state index in [0.717, 1.165) is 20.8 Å². The number of aryl methyl sites for hydroxylation is 2. The lowest BCUT2D eigenvalue weighted by Crippen LogP contribution is -2.33. The summed E-state index contributed by atoms with van der Waals surface area (Å²) in [5, 5.41) is 3.26. The summed E-state index contributed by atoms with van der Waals surface area (Å²) in [7, 11) is 0. The summed E-state index contributed by atoms with van der Waals surface area (Å²) >= 11 is 2.91. The highest BCUT2D eigenvalue weighted by Gasteiger charge is 2.18. The number of nitrogens with one attached hydrogen (secondary N) is 2. The molecule has 148 valence electrons. The Morgan fingerprint density at radius 2 is 1.96 bits per heavy atom. The van der Waals surface area contributed by atoms with Crippen LogP contribution in [0.25, 0.3) is 10.2 Å². The van der Waals surface area contributed by atoms with Crippen LogP contribution in [-0.4, -0.2) is 21.1 Å². The fourth-order valence-corrected chi connectivity index (χ4v) is 4.63. The van der Waals surface area contributed by atoms with Gasteiger partial charge in [-0.25, -0.2) is 9.37 Å². The minimum absolute atomic E-state index is 0.118. The molecule has 2 N–H and O–H groups in total. The fourth-order valence-electron chi connectivity index (χ4n) is 2.81. The second kappa shape index (κ2) is 8.45. The maximum Gasteiger partial charge on any atom is 0.259 e. The minimum atomic E-state index is -0.323. The molecule has 2 atom stereocenters. The lowest BCUT2D eigenvalue weighted by Gasteiger charge is -2.17. The molecule has 2 heterocycles. The fraction of sp³-hybridized carbons (Fsp3) is 0.350. The van der Waals surface area contributed by atoms with Crippen molar-refractivity contribution in [2.75, 3.05) is 0 Å². The van der Waals surface area contributed by atoms with Gasteiger partial charge in [0.1, 0.15) is 16.5 Å². The summed E-state index contributed by atoms with van der Waals surface area (Å²) in [5.41, 5.74) is 1.67. The quantitative estimate of drug-likeness (QED) is 0.627. The molecule has 8 heteroatoms. The molecule has 5 nitrogen and oxygen atoms in total. The van der Waals surface area contributed by atoms with Crippen LogP contribution >= 0.6 is 23.1 Å². The van der Waals surface area contributed by atoms with Gasteiger partial charge >= 0.3 is 0 Å². The average Bonchev–Trinajstić information content (AvgIpc) is 2.94. The Morgan fingerprint density at radius 1 is 1.29 bits per heavy atom. The molecule has 0 aliphatic heterocycles. The summed E-state index contributed by atoms with van der Waals surface area (Å²) in [6.45, 7) is 7.57. The third kappa shape index (κ3) is 4.44. The molecule has 0 unspecified atom stereocenters. The van der Waals surface area contributed by atoms with Gasteiger partial charge in [-0.15, -0.1) is 23.1 Å². The van der Waals surface area contributed by atoms with Crippen molar-refractivity contribution < 1.29 is 9.18 Å². The van der Waals surface area contributed by atoms with Crippen LogP contribution in [-0.2, 0) is 10.5 Å². The third-order valence-electron chi connectivity index (χ3n) is 4.66. The Kier molecular flexibility index (Phi) is 6.20. The van der Waals surface area contributed by atoms with E-state index < -0.39 is 0 Å². The van der Waals surface area contributed by atoms with Gasteiger partial charge in [-0.1, -0.05) is 12.1 Å². The number of carbonyl (C=O) groups excluding carboxylic acids is 1. The molecule has 0 saturated heterocycles. The minimum Gasteiger partial charge on any atom is -0.349 e. The van der Waals surface area contributed by atoms with Crippen molar-refractivity contribution >= 4 is 39.2 Å². The zero-order valence-corrected chi connectivity index (χ0v) is 17.8. The molecule has 0 bridgehead atoms. The van der Waals surface area contributed by atoms with Crippen molar-refractivity contribution in [3.8, 4) is 0 Å². The van der Waals surface area contributed by atoms with Gasteiger partial charge < -0.3 is 10.3 Å². The van der Waals surface area contributed by atoms with Gasteiger partial charge in [0.05, 0.1) is 22.4 Å². The smallest absolute Gasteiger partial charge is 0.259 e. The van der Waals surface area contributed by atoms with E-state index in [-0.39, 0.29) is 28.6 Å². The molecule has 3 aromatic rings. The highest BCUT2D eigenvalue weighted by Crippen LogP contribution is 2.26. The number of aromatic amines is 1. The van der Waals surface area contributed by atoms with Crippen molar-refractivity contribution in [3.63, 3.8) is 0 Å². The third-order valence-corrected chi connectivity index (χ3v) is 6.91. The Hall–Kier alpha value is -2.19. The summed E-state index contributed by atoms with van der Waals surface area (Å²) in [5.74, 6) is 0.574. The second-order valence-corrected chi connectivity index (χ2v) is 9.24. The molecule has 0 aliphatic rings. The van der Waals surface area contributed by atoms with E-state index in [0.29, 0.717) is 17.0 Å². The molecule has 0 aliphatic carbocycles. The van der Waals surface area contributed by atoms with Crippen LogP contribution in [0.1, 0.15) is 41.7 Å². The van der Waals surface area contributed by atoms with Crippen molar-refractivity contribution in [2.24, 2.45) is 0 Å².